The van der Waals surface area contributed by atoms with Gasteiger partial charge in [-0.25, -0.2) is 0 Å². The molecule has 0 aromatic rings. The molecule has 0 spiro atoms. The Morgan fingerprint density at radius 1 is 1.06 bits per heavy atom. The van der Waals surface area contributed by atoms with Crippen LogP contribution in [0.3, 0.4) is 0 Å². The molecule has 0 saturated carbocycles. The van der Waals surface area contributed by atoms with Gasteiger partial charge in [-0.3, -0.25) is 0 Å². The molecule has 16 heavy (non-hydrogen) atoms. The average molecular weight is 224 g/mol. The second-order valence-electron chi connectivity index (χ2n) is 6.28. The maximum absolute atomic E-state index is 3.38. The van der Waals surface area contributed by atoms with E-state index in [2.05, 4.69) is 31.0 Å². The van der Waals surface area contributed by atoms with Gasteiger partial charge in [-0.1, -0.05) is 20.8 Å². The van der Waals surface area contributed by atoms with E-state index in [1.165, 1.54) is 45.6 Å². The lowest BCUT2D eigenvalue weighted by Crippen LogP contribution is -2.49. The summed E-state index contributed by atoms with van der Waals surface area (Å²) in [6.45, 7) is 13.7. The molecule has 0 aliphatic carbocycles. The molecule has 2 rings (SSSR count). The maximum atomic E-state index is 3.38. The summed E-state index contributed by atoms with van der Waals surface area (Å²) in [6, 6.07) is 0. The zero-order valence-corrected chi connectivity index (χ0v) is 11.2. The molecule has 0 aromatic carbocycles. The summed E-state index contributed by atoms with van der Waals surface area (Å²) < 4.78 is 0. The molecular weight excluding hydrogens is 196 g/mol. The summed E-state index contributed by atoms with van der Waals surface area (Å²) in [4.78, 5) is 2.70. The van der Waals surface area contributed by atoms with Gasteiger partial charge in [0, 0.05) is 6.54 Å². The van der Waals surface area contributed by atoms with Gasteiger partial charge < -0.3 is 10.2 Å². The molecule has 1 atom stereocenters. The van der Waals surface area contributed by atoms with E-state index < -0.39 is 0 Å². The van der Waals surface area contributed by atoms with E-state index in [9.17, 15) is 0 Å². The van der Waals surface area contributed by atoms with Crippen LogP contribution in [0.15, 0.2) is 0 Å². The molecule has 2 nitrogen and oxygen atoms in total. The minimum atomic E-state index is 0.885. The van der Waals surface area contributed by atoms with Crippen LogP contribution >= 0.6 is 0 Å². The smallest absolute Gasteiger partial charge is 0.00106 e. The van der Waals surface area contributed by atoms with E-state index in [1.54, 1.807) is 0 Å². The highest BCUT2D eigenvalue weighted by Crippen LogP contribution is 2.26. The minimum absolute atomic E-state index is 0.885. The normalized spacial score (nSPS) is 27.0. The third kappa shape index (κ3) is 2.98. The van der Waals surface area contributed by atoms with Crippen molar-refractivity contribution in [2.45, 2.75) is 33.6 Å². The average Bonchev–Trinajstić information content (AvgIpc) is 2.15. The van der Waals surface area contributed by atoms with E-state index in [-0.39, 0.29) is 0 Å². The summed E-state index contributed by atoms with van der Waals surface area (Å²) in [5, 5.41) is 3.38. The SMILES string of the molecule is CC(C)C1CCN(CC(C)C2CNC2)CC1. The molecule has 0 radical (unpaired) electrons. The fourth-order valence-corrected chi connectivity index (χ4v) is 3.07. The molecule has 94 valence electrons. The minimum Gasteiger partial charge on any atom is -0.316 e. The number of nitrogens with one attached hydrogen (secondary N) is 1. The first-order valence-electron chi connectivity index (χ1n) is 7.10. The Labute approximate surface area is 101 Å². The lowest BCUT2D eigenvalue weighted by Gasteiger charge is -2.39. The highest BCUT2D eigenvalue weighted by molar-refractivity contribution is 4.83. The summed E-state index contributed by atoms with van der Waals surface area (Å²) in [5.74, 6) is 3.70. The van der Waals surface area contributed by atoms with Gasteiger partial charge >= 0.3 is 0 Å². The summed E-state index contributed by atoms with van der Waals surface area (Å²) in [6.07, 6.45) is 2.85. The fourth-order valence-electron chi connectivity index (χ4n) is 3.07. The number of hydrogen-bond acceptors (Lipinski definition) is 2. The van der Waals surface area contributed by atoms with Gasteiger partial charge in [0.1, 0.15) is 0 Å². The fraction of sp³-hybridized carbons (Fsp3) is 1.00. The lowest BCUT2D eigenvalue weighted by atomic mass is 9.85. The number of nitrogens with zero attached hydrogens (tertiary/aromatic N) is 1. The molecule has 2 heterocycles. The van der Waals surface area contributed by atoms with Crippen molar-refractivity contribution < 1.29 is 0 Å². The van der Waals surface area contributed by atoms with Crippen molar-refractivity contribution in [3.8, 4) is 0 Å². The number of rotatable bonds is 4. The molecule has 2 heteroatoms. The van der Waals surface area contributed by atoms with Crippen LogP contribution in [0, 0.1) is 23.7 Å². The van der Waals surface area contributed by atoms with Gasteiger partial charge in [0.25, 0.3) is 0 Å². The van der Waals surface area contributed by atoms with Crippen LogP contribution in [0.1, 0.15) is 33.6 Å². The van der Waals surface area contributed by atoms with Gasteiger partial charge in [-0.05, 0) is 62.7 Å². The number of piperidine rings is 1. The van der Waals surface area contributed by atoms with Crippen molar-refractivity contribution in [2.75, 3.05) is 32.7 Å². The van der Waals surface area contributed by atoms with Crippen molar-refractivity contribution in [2.24, 2.45) is 23.7 Å². The Kier molecular flexibility index (Phi) is 4.26. The van der Waals surface area contributed by atoms with Crippen LogP contribution in [0.5, 0.6) is 0 Å². The summed E-state index contributed by atoms with van der Waals surface area (Å²) >= 11 is 0. The van der Waals surface area contributed by atoms with Gasteiger partial charge in [0.2, 0.25) is 0 Å². The Hall–Kier alpha value is -0.0800. The highest BCUT2D eigenvalue weighted by Gasteiger charge is 2.27. The lowest BCUT2D eigenvalue weighted by molar-refractivity contribution is 0.115. The Morgan fingerprint density at radius 2 is 1.69 bits per heavy atom. The molecule has 2 aliphatic rings. The van der Waals surface area contributed by atoms with Gasteiger partial charge in [0.15, 0.2) is 0 Å². The second kappa shape index (κ2) is 5.50. The van der Waals surface area contributed by atoms with Crippen molar-refractivity contribution >= 4 is 0 Å². The zero-order valence-electron chi connectivity index (χ0n) is 11.2. The molecule has 1 N–H and O–H groups in total. The van der Waals surface area contributed by atoms with Crippen molar-refractivity contribution in [3.63, 3.8) is 0 Å². The van der Waals surface area contributed by atoms with Crippen LogP contribution in [-0.2, 0) is 0 Å². The topological polar surface area (TPSA) is 15.3 Å². The largest absolute Gasteiger partial charge is 0.316 e. The van der Waals surface area contributed by atoms with Crippen LogP contribution in [-0.4, -0.2) is 37.6 Å². The predicted octanol–water partition coefficient (Wildman–Crippen LogP) is 2.21. The van der Waals surface area contributed by atoms with Crippen LogP contribution in [0.2, 0.25) is 0 Å². The third-order valence-corrected chi connectivity index (χ3v) is 4.74. The molecule has 1 unspecified atom stereocenters. The van der Waals surface area contributed by atoms with Crippen molar-refractivity contribution in [1.82, 2.24) is 10.2 Å². The quantitative estimate of drug-likeness (QED) is 0.787. The Morgan fingerprint density at radius 3 is 2.12 bits per heavy atom. The van der Waals surface area contributed by atoms with Crippen LogP contribution < -0.4 is 5.32 Å². The van der Waals surface area contributed by atoms with Gasteiger partial charge in [-0.2, -0.15) is 0 Å². The highest BCUT2D eigenvalue weighted by atomic mass is 15.1. The molecule has 2 saturated heterocycles. The van der Waals surface area contributed by atoms with E-state index in [0.29, 0.717) is 0 Å². The Bertz CT molecular complexity index is 203. The molecule has 2 fully saturated rings. The Balaban J connectivity index is 1.68. The first kappa shape index (κ1) is 12.4. The molecule has 2 aliphatic heterocycles. The van der Waals surface area contributed by atoms with Crippen molar-refractivity contribution in [1.29, 1.82) is 0 Å². The van der Waals surface area contributed by atoms with Crippen LogP contribution in [0.25, 0.3) is 0 Å². The van der Waals surface area contributed by atoms with E-state index in [4.69, 9.17) is 0 Å². The van der Waals surface area contributed by atoms with E-state index in [0.717, 1.165) is 23.7 Å². The summed E-state index contributed by atoms with van der Waals surface area (Å²) in [7, 11) is 0. The number of hydrogen-bond donors (Lipinski definition) is 1. The standard InChI is InChI=1S/C14H28N2/c1-11(2)13-4-6-16(7-5-13)10-12(3)14-8-15-9-14/h11-15H,4-10H2,1-3H3. The molecular formula is C14H28N2. The van der Waals surface area contributed by atoms with Crippen LogP contribution in [0.4, 0.5) is 0 Å². The monoisotopic (exact) mass is 224 g/mol. The summed E-state index contributed by atoms with van der Waals surface area (Å²) in [5.41, 5.74) is 0. The van der Waals surface area contributed by atoms with E-state index in [1.807, 2.05) is 0 Å². The van der Waals surface area contributed by atoms with Crippen molar-refractivity contribution in [3.05, 3.63) is 0 Å². The predicted molar refractivity (Wildman–Crippen MR) is 69.5 cm³/mol. The third-order valence-electron chi connectivity index (χ3n) is 4.74. The second-order valence-corrected chi connectivity index (χ2v) is 6.28. The van der Waals surface area contributed by atoms with Gasteiger partial charge in [-0.15, -0.1) is 0 Å². The molecule has 0 bridgehead atoms. The first-order chi connectivity index (χ1) is 7.66. The number of likely N-dealkylation sites (tertiary alicyclic amines) is 1. The first-order valence-corrected chi connectivity index (χ1v) is 7.10. The maximum Gasteiger partial charge on any atom is 0.00106 e. The molecule has 0 amide bonds. The van der Waals surface area contributed by atoms with Gasteiger partial charge in [0.05, 0.1) is 0 Å². The zero-order chi connectivity index (χ0) is 11.5. The molecule has 0 aromatic heterocycles. The van der Waals surface area contributed by atoms with E-state index >= 15 is 0 Å².